The number of thiol groups is 2. The highest BCUT2D eigenvalue weighted by molar-refractivity contribution is 8.68. The van der Waals surface area contributed by atoms with Crippen molar-refractivity contribution in [1.82, 2.24) is 4.90 Å². The Balaban J connectivity index is 0.000000224. The molecule has 2 saturated carbocycles. The van der Waals surface area contributed by atoms with Crippen LogP contribution in [-0.2, 0) is 72.0 Å². The number of fused-ring (bicyclic) bond motifs is 2. The van der Waals surface area contributed by atoms with E-state index in [4.69, 9.17) is 18.9 Å². The molecule has 10 atom stereocenters. The Kier molecular flexibility index (Phi) is 24.0. The van der Waals surface area contributed by atoms with E-state index in [2.05, 4.69) is 64.9 Å². The van der Waals surface area contributed by atoms with Crippen molar-refractivity contribution < 1.29 is 76.6 Å². The lowest BCUT2D eigenvalue weighted by Crippen LogP contribution is -2.45. The van der Waals surface area contributed by atoms with Crippen molar-refractivity contribution in [3.63, 3.8) is 0 Å². The normalized spacial score (nSPS) is 21.0. The Bertz CT molecular complexity index is 3510. The van der Waals surface area contributed by atoms with E-state index in [9.17, 15) is 57.7 Å². The van der Waals surface area contributed by atoms with Crippen molar-refractivity contribution in [2.45, 2.75) is 32.6 Å². The van der Waals surface area contributed by atoms with Crippen molar-refractivity contribution >= 4 is 131 Å². The van der Waals surface area contributed by atoms with Crippen LogP contribution in [-0.4, -0.2) is 89.9 Å². The summed E-state index contributed by atoms with van der Waals surface area (Å²) in [5.74, 6) is -5.88. The largest absolute Gasteiger partial charge is 0.481 e. The van der Waals surface area contributed by atoms with Gasteiger partial charge in [0.2, 0.25) is 23.6 Å². The van der Waals surface area contributed by atoms with Gasteiger partial charge >= 0.3 is 11.9 Å². The summed E-state index contributed by atoms with van der Waals surface area (Å²) in [7, 11) is 5.16. The molecule has 0 spiro atoms. The summed E-state index contributed by atoms with van der Waals surface area (Å²) in [5.41, 5.74) is 3.01. The average Bonchev–Trinajstić information content (AvgIpc) is 1.90. The van der Waals surface area contributed by atoms with Gasteiger partial charge < -0.3 is 69.6 Å². The molecule has 4 amide bonds. The molecule has 4 aliphatic rings. The van der Waals surface area contributed by atoms with Gasteiger partial charge in [0.05, 0.1) is 72.2 Å². The maximum atomic E-state index is 13.3. The number of carboxylic acid groups (broad SMARTS) is 2. The number of carbonyl (C=O) groups is 8. The van der Waals surface area contributed by atoms with Gasteiger partial charge in [0, 0.05) is 62.2 Å². The van der Waals surface area contributed by atoms with Gasteiger partial charge in [-0.05, 0) is 154 Å². The zero-order chi connectivity index (χ0) is 63.9. The number of rotatable bonds is 18. The maximum absolute atomic E-state index is 13.3. The van der Waals surface area contributed by atoms with Crippen LogP contribution in [0.5, 0.6) is 46.0 Å². The smallest absolute Gasteiger partial charge is 0.307 e. The number of benzene rings is 6. The molecule has 10 rings (SSSR count). The van der Waals surface area contributed by atoms with Crippen LogP contribution in [0.1, 0.15) is 32.6 Å². The number of likely N-dealkylation sites (tertiary alicyclic amines) is 1. The van der Waals surface area contributed by atoms with E-state index in [-0.39, 0.29) is 67.4 Å². The fourth-order valence-corrected chi connectivity index (χ4v) is 10.9. The number of hydrogen-bond donors (Lipinski definition) is 7. The average molecular weight is 1310 g/mol. The number of aliphatic carboxylic acids is 2. The Labute approximate surface area is 529 Å². The molecule has 2 aliphatic heterocycles. The minimum Gasteiger partial charge on any atom is -0.481 e. The van der Waals surface area contributed by atoms with Gasteiger partial charge in [-0.15, -0.1) is 0 Å². The zero-order valence-corrected chi connectivity index (χ0v) is 52.8. The molecule has 5 N–H and O–H groups in total. The maximum Gasteiger partial charge on any atom is 0.307 e. The fourth-order valence-electron chi connectivity index (χ4n) is 10.9. The number of ketones is 2. The molecule has 2 heterocycles. The van der Waals surface area contributed by atoms with Crippen LogP contribution in [0.3, 0.4) is 0 Å². The summed E-state index contributed by atoms with van der Waals surface area (Å²) >= 11 is 14.6. The number of carboxylic acids is 2. The lowest BCUT2D eigenvalue weighted by molar-refractivity contribution is -0.158. The molecule has 0 radical (unpaired) electrons. The standard InChI is InChI=1S/C31H32N2O8.C30H27N3O6.2HOPS2/c1-18(34)25-15-26(28(31(38)39)16-27(25)30(36)37)29(35)17-33-20-8-12-22(13-9-20)41-24-5-3-4-23(14-24)40-21-10-6-19(32-2)7-11-21;1-31-17-6-10-19(11-7-17)38-21-4-3-5-22(14-21)39-20-12-8-18(9-13-20)33-29(36)25-15-23-24(16-26(25)30(33)37)28(35)32(2)27(23)34;2*1-2(3)4/h3-14,25-28,32-33H,15-17H2,1-2H3,(H,36,37)(H,38,39);3-14,23-26,31H,15-16H2,1-2H3;2*(H,1,3,4). The third-order valence-corrected chi connectivity index (χ3v) is 15.2. The van der Waals surface area contributed by atoms with E-state index in [0.717, 1.165) is 16.3 Å². The SMILES string of the molecule is CNc1ccc(Oc2cccc(Oc3ccc(N4C(=O)C5CC6C(=O)N(C)C(=O)C6CC5C4=O)cc3)c2)cc1.CNc1ccc(Oc2cccc(Oc3ccc(NCC(=O)C4CC(C(C)=O)C(C(=O)O)CC4C(=O)O)cc3)c2)cc1.O=[P+]([S-])S.O=[P+]([S-])S. The van der Waals surface area contributed by atoms with Crippen LogP contribution < -0.4 is 39.8 Å². The predicted octanol–water partition coefficient (Wildman–Crippen LogP) is 12.0. The molecule has 21 nitrogen and oxygen atoms in total. The second-order valence-corrected chi connectivity index (χ2v) is 27.3. The topological polar surface area (TPSA) is 291 Å². The molecule has 88 heavy (non-hydrogen) atoms. The van der Waals surface area contributed by atoms with E-state index in [0.29, 0.717) is 57.4 Å². The molecule has 2 saturated heterocycles. The number of ether oxygens (including phenoxy) is 4. The molecule has 0 aromatic heterocycles. The van der Waals surface area contributed by atoms with Crippen LogP contribution in [0.25, 0.3) is 0 Å². The summed E-state index contributed by atoms with van der Waals surface area (Å²) in [6.07, 6.45) is -3.09. The third-order valence-electron chi connectivity index (χ3n) is 15.2. The van der Waals surface area contributed by atoms with Crippen molar-refractivity contribution in [3.8, 4) is 46.0 Å². The predicted molar refractivity (Wildman–Crippen MR) is 342 cm³/mol. The van der Waals surface area contributed by atoms with Crippen molar-refractivity contribution in [1.29, 1.82) is 0 Å². The van der Waals surface area contributed by atoms with E-state index in [1.165, 1.54) is 18.9 Å². The highest BCUT2D eigenvalue weighted by Gasteiger charge is 2.59. The Morgan fingerprint density at radius 1 is 0.500 bits per heavy atom. The van der Waals surface area contributed by atoms with Gasteiger partial charge in [-0.1, -0.05) is 21.3 Å². The number of imide groups is 2. The molecule has 460 valence electrons. The molecule has 2 aliphatic carbocycles. The van der Waals surface area contributed by atoms with Crippen LogP contribution >= 0.6 is 36.9 Å². The minimum atomic E-state index is -1.59. The first-order chi connectivity index (χ1) is 41.9. The van der Waals surface area contributed by atoms with Gasteiger partial charge in [-0.2, -0.15) is 0 Å². The minimum absolute atomic E-state index is 0.0966. The first-order valence-electron chi connectivity index (χ1n) is 27.2. The van der Waals surface area contributed by atoms with Crippen molar-refractivity contribution in [2.75, 3.05) is 48.5 Å². The summed E-state index contributed by atoms with van der Waals surface area (Å²) in [4.78, 5) is 102. The monoisotopic (exact) mass is 1310 g/mol. The van der Waals surface area contributed by atoms with Crippen LogP contribution in [0.15, 0.2) is 146 Å². The van der Waals surface area contributed by atoms with E-state index < -0.39 is 71.7 Å². The first kappa shape index (κ1) is 67.6. The van der Waals surface area contributed by atoms with Crippen molar-refractivity contribution in [2.24, 2.45) is 47.3 Å². The Morgan fingerprint density at radius 2 is 0.818 bits per heavy atom. The second kappa shape index (κ2) is 31.3. The van der Waals surface area contributed by atoms with E-state index >= 15 is 0 Å². The molecular weight excluding hydrogens is 1250 g/mol. The summed E-state index contributed by atoms with van der Waals surface area (Å²) in [6.45, 7) is 1.11. The van der Waals surface area contributed by atoms with Gasteiger partial charge in [0.25, 0.3) is 12.4 Å². The molecular formula is C61H61N5O16P2S4. The lowest BCUT2D eigenvalue weighted by atomic mass is 9.65. The van der Waals surface area contributed by atoms with Crippen LogP contribution in [0, 0.1) is 47.3 Å². The quantitative estimate of drug-likeness (QED) is 0.0182. The van der Waals surface area contributed by atoms with Crippen molar-refractivity contribution in [3.05, 3.63) is 146 Å². The number of anilines is 4. The number of nitrogens with zero attached hydrogens (tertiary/aromatic N) is 2. The summed E-state index contributed by atoms with van der Waals surface area (Å²) < 4.78 is 42.3. The fraction of sp³-hybridized carbons (Fsp3) is 0.279. The Hall–Kier alpha value is -7.92. The molecule has 6 aromatic rings. The van der Waals surface area contributed by atoms with Gasteiger partial charge in [-0.3, -0.25) is 48.2 Å². The highest BCUT2D eigenvalue weighted by Crippen LogP contribution is 2.49. The number of hydrogen-bond acceptors (Lipinski definition) is 19. The number of amides is 4. The molecule has 27 heteroatoms. The molecule has 4 fully saturated rings. The number of Topliss-reactive ketones (excluding diaryl/α,β-unsaturated/α-hetero) is 2. The van der Waals surface area contributed by atoms with Crippen LogP contribution in [0.2, 0.25) is 0 Å². The highest BCUT2D eigenvalue weighted by atomic mass is 33.0. The number of nitrogens with one attached hydrogen (secondary N) is 3. The molecule has 10 unspecified atom stereocenters. The van der Waals surface area contributed by atoms with Gasteiger partial charge in [0.15, 0.2) is 5.78 Å². The van der Waals surface area contributed by atoms with Gasteiger partial charge in [0.1, 0.15) is 51.8 Å². The number of carbonyl (C=O) groups excluding carboxylic acids is 6. The molecule has 6 aromatic carbocycles. The Morgan fingerprint density at radius 3 is 1.16 bits per heavy atom. The molecule has 0 bridgehead atoms. The summed E-state index contributed by atoms with van der Waals surface area (Å²) in [5, 5.41) is 28.2. The summed E-state index contributed by atoms with van der Waals surface area (Å²) in [6, 6.07) is 43.2. The van der Waals surface area contributed by atoms with E-state index in [1.54, 1.807) is 72.8 Å². The lowest BCUT2D eigenvalue weighted by Gasteiger charge is -2.36. The second-order valence-electron chi connectivity index (χ2n) is 20.5. The first-order valence-corrected chi connectivity index (χ1v) is 34.1. The zero-order valence-electron chi connectivity index (χ0n) is 47.6. The third kappa shape index (κ3) is 17.9. The van der Waals surface area contributed by atoms with Crippen LogP contribution in [0.4, 0.5) is 22.7 Å². The van der Waals surface area contributed by atoms with E-state index in [1.807, 2.05) is 86.9 Å². The van der Waals surface area contributed by atoms with Gasteiger partial charge in [-0.25, -0.2) is 0 Å².